The number of rotatable bonds is 4. The highest BCUT2D eigenvalue weighted by atomic mass is 32.1. The average molecular weight is 372 g/mol. The molecular weight excluding hydrogens is 360 g/mol. The van der Waals surface area contributed by atoms with Crippen LogP contribution >= 0.6 is 11.3 Å². The Morgan fingerprint density at radius 1 is 1.12 bits per heavy atom. The molecule has 10 heteroatoms. The number of nitro benzene ring substituents is 2. The second kappa shape index (κ2) is 6.84. The number of aryl methyl sites for hydroxylation is 1. The highest BCUT2D eigenvalue weighted by molar-refractivity contribution is 7.16. The van der Waals surface area contributed by atoms with Crippen LogP contribution in [0.2, 0.25) is 0 Å². The van der Waals surface area contributed by atoms with E-state index in [0.717, 1.165) is 16.9 Å². The van der Waals surface area contributed by atoms with Gasteiger partial charge in [-0.05, 0) is 19.1 Å². The summed E-state index contributed by atoms with van der Waals surface area (Å²) in [5, 5.41) is 21.8. The molecule has 0 fully saturated rings. The van der Waals surface area contributed by atoms with Gasteiger partial charge in [0.05, 0.1) is 20.1 Å². The average Bonchev–Trinajstić information content (AvgIpc) is 2.97. The van der Waals surface area contributed by atoms with E-state index in [1.165, 1.54) is 36.4 Å². The third-order valence-electron chi connectivity index (χ3n) is 3.69. The van der Waals surface area contributed by atoms with Crippen molar-refractivity contribution in [3.63, 3.8) is 0 Å². The molecule has 2 aromatic carbocycles. The maximum atomic E-state index is 12.4. The summed E-state index contributed by atoms with van der Waals surface area (Å²) >= 11 is 1.15. The van der Waals surface area contributed by atoms with Gasteiger partial charge in [-0.3, -0.25) is 25.0 Å². The minimum atomic E-state index is -0.614. The summed E-state index contributed by atoms with van der Waals surface area (Å²) in [7, 11) is 0. The molecule has 26 heavy (non-hydrogen) atoms. The number of aromatic nitrogens is 1. The Hall–Kier alpha value is -3.40. The van der Waals surface area contributed by atoms with Gasteiger partial charge in [-0.2, -0.15) is 4.99 Å². The molecule has 0 aliphatic rings. The fraction of sp³-hybridized carbons (Fsp3) is 0.125. The molecule has 0 spiro atoms. The summed E-state index contributed by atoms with van der Waals surface area (Å²) in [6, 6.07) is 9.78. The fourth-order valence-electron chi connectivity index (χ4n) is 2.47. The van der Waals surface area contributed by atoms with Crippen molar-refractivity contribution in [3.05, 3.63) is 73.1 Å². The second-order valence-electron chi connectivity index (χ2n) is 5.26. The normalized spacial score (nSPS) is 11.7. The van der Waals surface area contributed by atoms with Crippen LogP contribution in [0.5, 0.6) is 0 Å². The molecule has 1 aromatic heterocycles. The van der Waals surface area contributed by atoms with Gasteiger partial charge in [0.2, 0.25) is 0 Å². The maximum absolute atomic E-state index is 12.4. The van der Waals surface area contributed by atoms with Crippen LogP contribution < -0.4 is 4.80 Å². The number of carbonyl (C=O) groups is 1. The lowest BCUT2D eigenvalue weighted by atomic mass is 10.2. The number of fused-ring (bicyclic) bond motifs is 1. The van der Waals surface area contributed by atoms with Gasteiger partial charge in [0, 0.05) is 36.4 Å². The fourth-order valence-corrected chi connectivity index (χ4v) is 3.60. The van der Waals surface area contributed by atoms with E-state index in [1.54, 1.807) is 10.6 Å². The van der Waals surface area contributed by atoms with E-state index < -0.39 is 15.8 Å². The summed E-state index contributed by atoms with van der Waals surface area (Å²) in [5.74, 6) is -0.614. The molecule has 3 rings (SSSR count). The lowest BCUT2D eigenvalue weighted by Crippen LogP contribution is -2.15. The SMILES string of the molecule is CCn1c(=NC(=O)c2cccc([N+](=O)[O-])c2)sc2cc([N+](=O)[O-])ccc21. The Labute approximate surface area is 150 Å². The Kier molecular flexibility index (Phi) is 4.59. The van der Waals surface area contributed by atoms with Gasteiger partial charge < -0.3 is 4.57 Å². The summed E-state index contributed by atoms with van der Waals surface area (Å²) in [6.07, 6.45) is 0. The third-order valence-corrected chi connectivity index (χ3v) is 4.74. The Morgan fingerprint density at radius 3 is 2.46 bits per heavy atom. The van der Waals surface area contributed by atoms with E-state index in [4.69, 9.17) is 0 Å². The standard InChI is InChI=1S/C16H12N4O5S/c1-2-18-13-7-6-12(20(24)25)9-14(13)26-16(18)17-15(21)10-4-3-5-11(8-10)19(22)23/h3-9H,2H2,1H3. The van der Waals surface area contributed by atoms with Crippen LogP contribution in [0.25, 0.3) is 10.2 Å². The Morgan fingerprint density at radius 2 is 1.81 bits per heavy atom. The minimum absolute atomic E-state index is 0.0430. The number of non-ortho nitro benzene ring substituents is 2. The predicted molar refractivity (Wildman–Crippen MR) is 95.1 cm³/mol. The van der Waals surface area contributed by atoms with Crippen LogP contribution in [0.15, 0.2) is 47.5 Å². The number of hydrogen-bond donors (Lipinski definition) is 0. The van der Waals surface area contributed by atoms with Gasteiger partial charge in [0.25, 0.3) is 17.3 Å². The van der Waals surface area contributed by atoms with Gasteiger partial charge in [-0.25, -0.2) is 0 Å². The van der Waals surface area contributed by atoms with Crippen LogP contribution in [-0.2, 0) is 6.54 Å². The molecule has 1 amide bonds. The molecule has 132 valence electrons. The van der Waals surface area contributed by atoms with Gasteiger partial charge in [-0.15, -0.1) is 0 Å². The lowest BCUT2D eigenvalue weighted by molar-refractivity contribution is -0.385. The zero-order valence-corrected chi connectivity index (χ0v) is 14.3. The summed E-state index contributed by atoms with van der Waals surface area (Å²) < 4.78 is 2.39. The van der Waals surface area contributed by atoms with E-state index >= 15 is 0 Å². The lowest BCUT2D eigenvalue weighted by Gasteiger charge is -2.00. The van der Waals surface area contributed by atoms with Crippen molar-refractivity contribution >= 4 is 38.8 Å². The molecule has 0 N–H and O–H groups in total. The first kappa shape index (κ1) is 17.4. The maximum Gasteiger partial charge on any atom is 0.279 e. The number of carbonyl (C=O) groups excluding carboxylic acids is 1. The van der Waals surface area contributed by atoms with Crippen molar-refractivity contribution in [1.82, 2.24) is 4.57 Å². The Bertz CT molecular complexity index is 1120. The monoisotopic (exact) mass is 372 g/mol. The summed E-state index contributed by atoms with van der Waals surface area (Å²) in [5.41, 5.74) is 0.596. The molecule has 0 saturated heterocycles. The van der Waals surface area contributed by atoms with Gasteiger partial charge in [0.15, 0.2) is 4.80 Å². The van der Waals surface area contributed by atoms with Gasteiger partial charge in [-0.1, -0.05) is 17.4 Å². The summed E-state index contributed by atoms with van der Waals surface area (Å²) in [4.78, 5) is 37.5. The smallest absolute Gasteiger partial charge is 0.279 e. The number of nitro groups is 2. The third kappa shape index (κ3) is 3.22. The molecule has 0 unspecified atom stereocenters. The van der Waals surface area contributed by atoms with Crippen molar-refractivity contribution in [2.24, 2.45) is 4.99 Å². The highest BCUT2D eigenvalue weighted by Gasteiger charge is 2.14. The molecule has 9 nitrogen and oxygen atoms in total. The van der Waals surface area contributed by atoms with E-state index in [2.05, 4.69) is 4.99 Å². The van der Waals surface area contributed by atoms with Crippen LogP contribution in [-0.4, -0.2) is 20.3 Å². The molecule has 0 aliphatic heterocycles. The Balaban J connectivity index is 2.11. The molecule has 0 bridgehead atoms. The van der Waals surface area contributed by atoms with E-state index in [0.29, 0.717) is 16.0 Å². The van der Waals surface area contributed by atoms with Crippen molar-refractivity contribution in [1.29, 1.82) is 0 Å². The number of benzene rings is 2. The number of amides is 1. The van der Waals surface area contributed by atoms with Crippen molar-refractivity contribution < 1.29 is 14.6 Å². The van der Waals surface area contributed by atoms with E-state index in [1.807, 2.05) is 6.92 Å². The van der Waals surface area contributed by atoms with Crippen LogP contribution in [0.3, 0.4) is 0 Å². The van der Waals surface area contributed by atoms with Crippen molar-refractivity contribution in [3.8, 4) is 0 Å². The number of nitrogens with zero attached hydrogens (tertiary/aromatic N) is 4. The molecule has 1 heterocycles. The highest BCUT2D eigenvalue weighted by Crippen LogP contribution is 2.23. The van der Waals surface area contributed by atoms with E-state index in [-0.39, 0.29) is 16.9 Å². The topological polar surface area (TPSA) is 121 Å². The molecule has 3 aromatic rings. The number of thiazole rings is 1. The van der Waals surface area contributed by atoms with Crippen molar-refractivity contribution in [2.75, 3.05) is 0 Å². The molecule has 0 aliphatic carbocycles. The zero-order chi connectivity index (χ0) is 18.8. The van der Waals surface area contributed by atoms with Gasteiger partial charge in [0.1, 0.15) is 0 Å². The molecule has 0 saturated carbocycles. The van der Waals surface area contributed by atoms with E-state index in [9.17, 15) is 25.0 Å². The van der Waals surface area contributed by atoms with Crippen LogP contribution in [0.1, 0.15) is 17.3 Å². The molecule has 0 radical (unpaired) electrons. The van der Waals surface area contributed by atoms with Gasteiger partial charge >= 0.3 is 0 Å². The zero-order valence-electron chi connectivity index (χ0n) is 13.5. The first-order chi connectivity index (χ1) is 12.4. The largest absolute Gasteiger partial charge is 0.317 e. The predicted octanol–water partition coefficient (Wildman–Crippen LogP) is 3.28. The molecule has 0 atom stereocenters. The number of hydrogen-bond acceptors (Lipinski definition) is 6. The molecular formula is C16H12N4O5S. The van der Waals surface area contributed by atoms with Crippen LogP contribution in [0.4, 0.5) is 11.4 Å². The summed E-state index contributed by atoms with van der Waals surface area (Å²) in [6.45, 7) is 2.38. The first-order valence-electron chi connectivity index (χ1n) is 7.52. The second-order valence-corrected chi connectivity index (χ2v) is 6.27. The first-order valence-corrected chi connectivity index (χ1v) is 8.33. The van der Waals surface area contributed by atoms with Crippen molar-refractivity contribution in [2.45, 2.75) is 13.5 Å². The van der Waals surface area contributed by atoms with Crippen LogP contribution in [0, 0.1) is 20.2 Å². The quantitative estimate of drug-likeness (QED) is 0.514. The minimum Gasteiger partial charge on any atom is -0.317 e.